The zero-order valence-corrected chi connectivity index (χ0v) is 15.0. The van der Waals surface area contributed by atoms with Crippen LogP contribution in [-0.2, 0) is 11.3 Å². The van der Waals surface area contributed by atoms with Crippen molar-refractivity contribution < 1.29 is 9.90 Å². The zero-order valence-electron chi connectivity index (χ0n) is 15.0. The molecular formula is C18H27N5O2. The fourth-order valence-electron chi connectivity index (χ4n) is 3.78. The SMILES string of the molecule is Cc1nccn1[C@@H]1CCC[C@@H](N(C)C(=O)CCCn2cccn2)[C@H]1O. The Labute approximate surface area is 148 Å². The topological polar surface area (TPSA) is 76.2 Å². The lowest BCUT2D eigenvalue weighted by Gasteiger charge is -2.40. The van der Waals surface area contributed by atoms with Gasteiger partial charge in [0.05, 0.1) is 18.2 Å². The number of likely N-dealkylation sites (N-methyl/N-ethyl adjacent to an activating group) is 1. The Morgan fingerprint density at radius 1 is 1.36 bits per heavy atom. The third-order valence-electron chi connectivity index (χ3n) is 5.24. The number of carbonyl (C=O) groups excluding carboxylic acids is 1. The Kier molecular flexibility index (Phi) is 5.53. The van der Waals surface area contributed by atoms with E-state index >= 15 is 0 Å². The molecule has 1 fully saturated rings. The number of aromatic nitrogens is 4. The van der Waals surface area contributed by atoms with Crippen LogP contribution >= 0.6 is 0 Å². The molecule has 1 aliphatic rings. The van der Waals surface area contributed by atoms with Gasteiger partial charge in [-0.05, 0) is 38.7 Å². The minimum Gasteiger partial charge on any atom is -0.389 e. The van der Waals surface area contributed by atoms with Crippen molar-refractivity contribution in [2.45, 2.75) is 63.8 Å². The third kappa shape index (κ3) is 3.92. The first-order valence-corrected chi connectivity index (χ1v) is 8.98. The summed E-state index contributed by atoms with van der Waals surface area (Å²) in [6.45, 7) is 2.68. The molecule has 136 valence electrons. The van der Waals surface area contributed by atoms with E-state index in [-0.39, 0.29) is 18.0 Å². The Balaban J connectivity index is 1.57. The predicted octanol–water partition coefficient (Wildman–Crippen LogP) is 1.78. The molecule has 0 radical (unpaired) electrons. The number of aliphatic hydroxyl groups excluding tert-OH is 1. The molecule has 3 atom stereocenters. The maximum atomic E-state index is 12.5. The summed E-state index contributed by atoms with van der Waals surface area (Å²) in [5.41, 5.74) is 0. The molecule has 1 N–H and O–H groups in total. The summed E-state index contributed by atoms with van der Waals surface area (Å²) in [4.78, 5) is 18.5. The minimum atomic E-state index is -0.568. The number of hydrogen-bond donors (Lipinski definition) is 1. The molecule has 1 aliphatic carbocycles. The molecule has 1 saturated carbocycles. The van der Waals surface area contributed by atoms with Crippen LogP contribution in [0.1, 0.15) is 44.0 Å². The fourth-order valence-corrected chi connectivity index (χ4v) is 3.78. The number of rotatable bonds is 6. The fraction of sp³-hybridized carbons (Fsp3) is 0.611. The summed E-state index contributed by atoms with van der Waals surface area (Å²) in [6, 6.07) is 1.73. The van der Waals surface area contributed by atoms with Gasteiger partial charge in [0.2, 0.25) is 5.91 Å². The van der Waals surface area contributed by atoms with Crippen LogP contribution in [0.3, 0.4) is 0 Å². The first-order chi connectivity index (χ1) is 12.1. The quantitative estimate of drug-likeness (QED) is 0.866. The molecule has 1 amide bonds. The molecule has 25 heavy (non-hydrogen) atoms. The lowest BCUT2D eigenvalue weighted by atomic mass is 9.86. The summed E-state index contributed by atoms with van der Waals surface area (Å²) in [5, 5.41) is 15.0. The van der Waals surface area contributed by atoms with Gasteiger partial charge in [-0.3, -0.25) is 9.48 Å². The standard InChI is InChI=1S/C18H27N5O2/c1-14-19-10-13-23(14)16-7-3-6-15(18(16)25)21(2)17(24)8-4-11-22-12-5-9-20-22/h5,9-10,12-13,15-16,18,25H,3-4,6-8,11H2,1-2H3/t15-,16-,18-/m1/s1. The van der Waals surface area contributed by atoms with Crippen molar-refractivity contribution in [3.8, 4) is 0 Å². The predicted molar refractivity (Wildman–Crippen MR) is 93.9 cm³/mol. The van der Waals surface area contributed by atoms with Crippen LogP contribution in [-0.4, -0.2) is 54.4 Å². The Morgan fingerprint density at radius 3 is 2.88 bits per heavy atom. The molecule has 7 heteroatoms. The van der Waals surface area contributed by atoms with Crippen LogP contribution in [0.5, 0.6) is 0 Å². The van der Waals surface area contributed by atoms with Gasteiger partial charge in [-0.2, -0.15) is 5.10 Å². The minimum absolute atomic E-state index is 0.0134. The third-order valence-corrected chi connectivity index (χ3v) is 5.24. The molecule has 7 nitrogen and oxygen atoms in total. The first kappa shape index (κ1) is 17.7. The van der Waals surface area contributed by atoms with Crippen molar-refractivity contribution in [1.82, 2.24) is 24.2 Å². The van der Waals surface area contributed by atoms with Gasteiger partial charge in [-0.15, -0.1) is 0 Å². The smallest absolute Gasteiger partial charge is 0.222 e. The molecule has 0 aliphatic heterocycles. The van der Waals surface area contributed by atoms with Gasteiger partial charge >= 0.3 is 0 Å². The van der Waals surface area contributed by atoms with Crippen molar-refractivity contribution in [2.24, 2.45) is 0 Å². The van der Waals surface area contributed by atoms with E-state index in [0.29, 0.717) is 6.42 Å². The highest BCUT2D eigenvalue weighted by molar-refractivity contribution is 5.76. The summed E-state index contributed by atoms with van der Waals surface area (Å²) < 4.78 is 3.87. The highest BCUT2D eigenvalue weighted by Crippen LogP contribution is 2.32. The van der Waals surface area contributed by atoms with Gasteiger partial charge in [-0.1, -0.05) is 0 Å². The maximum absolute atomic E-state index is 12.5. The molecule has 3 rings (SSSR count). The number of hydrogen-bond acceptors (Lipinski definition) is 4. The number of amides is 1. The lowest BCUT2D eigenvalue weighted by molar-refractivity contribution is -0.136. The van der Waals surface area contributed by atoms with Gasteiger partial charge in [0.1, 0.15) is 5.82 Å². The molecule has 0 spiro atoms. The first-order valence-electron chi connectivity index (χ1n) is 8.98. The maximum Gasteiger partial charge on any atom is 0.222 e. The van der Waals surface area contributed by atoms with Crippen LogP contribution in [0.2, 0.25) is 0 Å². The summed E-state index contributed by atoms with van der Waals surface area (Å²) in [5.74, 6) is 0.983. The van der Waals surface area contributed by atoms with Crippen LogP contribution < -0.4 is 0 Å². The lowest BCUT2D eigenvalue weighted by Crippen LogP contribution is -2.50. The highest BCUT2D eigenvalue weighted by atomic mass is 16.3. The average molecular weight is 345 g/mol. The second kappa shape index (κ2) is 7.82. The van der Waals surface area contributed by atoms with Gasteiger partial charge in [-0.25, -0.2) is 4.98 Å². The van der Waals surface area contributed by atoms with Crippen molar-refractivity contribution in [1.29, 1.82) is 0 Å². The summed E-state index contributed by atoms with van der Waals surface area (Å²) >= 11 is 0. The van der Waals surface area contributed by atoms with Crippen LogP contribution in [0, 0.1) is 6.92 Å². The average Bonchev–Trinajstić information content (AvgIpc) is 3.26. The molecule has 0 bridgehead atoms. The molecule has 0 saturated heterocycles. The molecule has 2 aromatic heterocycles. The molecule has 2 heterocycles. The summed E-state index contributed by atoms with van der Waals surface area (Å²) in [7, 11) is 1.81. The molecule has 0 unspecified atom stereocenters. The van der Waals surface area contributed by atoms with Crippen molar-refractivity contribution in [3.63, 3.8) is 0 Å². The molecular weight excluding hydrogens is 318 g/mol. The number of nitrogens with zero attached hydrogens (tertiary/aromatic N) is 5. The van der Waals surface area contributed by atoms with Crippen molar-refractivity contribution in [3.05, 3.63) is 36.7 Å². The monoisotopic (exact) mass is 345 g/mol. The van der Waals surface area contributed by atoms with Gasteiger partial charge in [0.25, 0.3) is 0 Å². The number of carbonyl (C=O) groups is 1. The van der Waals surface area contributed by atoms with Crippen LogP contribution in [0.15, 0.2) is 30.9 Å². The Morgan fingerprint density at radius 2 is 2.20 bits per heavy atom. The molecule has 2 aromatic rings. The van der Waals surface area contributed by atoms with Crippen LogP contribution in [0.4, 0.5) is 0 Å². The van der Waals surface area contributed by atoms with Crippen molar-refractivity contribution in [2.75, 3.05) is 7.05 Å². The Hall–Kier alpha value is -2.15. The van der Waals surface area contributed by atoms with Crippen LogP contribution in [0.25, 0.3) is 0 Å². The summed E-state index contributed by atoms with van der Waals surface area (Å²) in [6.07, 6.45) is 10.7. The van der Waals surface area contributed by atoms with E-state index in [9.17, 15) is 9.90 Å². The second-order valence-corrected chi connectivity index (χ2v) is 6.82. The molecule has 0 aromatic carbocycles. The van der Waals surface area contributed by atoms with Gasteiger partial charge < -0.3 is 14.6 Å². The highest BCUT2D eigenvalue weighted by Gasteiger charge is 2.36. The van der Waals surface area contributed by atoms with Gasteiger partial charge in [0, 0.05) is 44.8 Å². The Bertz CT molecular complexity index is 681. The van der Waals surface area contributed by atoms with E-state index in [1.807, 2.05) is 41.7 Å². The van der Waals surface area contributed by atoms with E-state index in [1.54, 1.807) is 17.3 Å². The van der Waals surface area contributed by atoms with Gasteiger partial charge in [0.15, 0.2) is 0 Å². The number of aliphatic hydroxyl groups is 1. The second-order valence-electron chi connectivity index (χ2n) is 6.82. The van der Waals surface area contributed by atoms with E-state index in [2.05, 4.69) is 10.1 Å². The van der Waals surface area contributed by atoms with E-state index in [4.69, 9.17) is 0 Å². The number of imidazole rings is 1. The van der Waals surface area contributed by atoms with E-state index in [1.165, 1.54) is 0 Å². The van der Waals surface area contributed by atoms with E-state index < -0.39 is 6.10 Å². The zero-order chi connectivity index (χ0) is 17.8. The van der Waals surface area contributed by atoms with E-state index in [0.717, 1.165) is 38.1 Å². The van der Waals surface area contributed by atoms with Crippen molar-refractivity contribution >= 4 is 5.91 Å². The normalized spacial score (nSPS) is 23.6. The largest absolute Gasteiger partial charge is 0.389 e. The number of aryl methyl sites for hydroxylation is 2.